The number of pyridine rings is 1. The zero-order valence-electron chi connectivity index (χ0n) is 12.5. The molecule has 7 heteroatoms. The van der Waals surface area contributed by atoms with E-state index in [-0.39, 0.29) is 12.5 Å². The molecule has 3 N–H and O–H groups in total. The van der Waals surface area contributed by atoms with Gasteiger partial charge in [-0.2, -0.15) is 5.10 Å². The molecule has 1 heterocycles. The Hall–Kier alpha value is -3.22. The first kappa shape index (κ1) is 16.2. The van der Waals surface area contributed by atoms with Crippen LogP contribution in [0.1, 0.15) is 22.8 Å². The summed E-state index contributed by atoms with van der Waals surface area (Å²) in [5.74, 6) is -0.319. The topological polar surface area (TPSA) is 107 Å². The molecule has 0 aliphatic rings. The first-order valence-corrected chi connectivity index (χ1v) is 6.82. The van der Waals surface area contributed by atoms with Gasteiger partial charge in [0.2, 0.25) is 0 Å². The van der Waals surface area contributed by atoms with Crippen molar-refractivity contribution in [3.63, 3.8) is 0 Å². The van der Waals surface area contributed by atoms with Gasteiger partial charge in [0.25, 0.3) is 11.8 Å². The van der Waals surface area contributed by atoms with Gasteiger partial charge in [-0.15, -0.1) is 0 Å². The van der Waals surface area contributed by atoms with Crippen LogP contribution in [0, 0.1) is 0 Å². The molecule has 1 aromatic carbocycles. The van der Waals surface area contributed by atoms with E-state index >= 15 is 0 Å². The van der Waals surface area contributed by atoms with E-state index in [1.165, 1.54) is 12.4 Å². The number of nitrogens with two attached hydrogens (primary N) is 1. The van der Waals surface area contributed by atoms with Crippen molar-refractivity contribution in [3.05, 3.63) is 59.9 Å². The van der Waals surface area contributed by atoms with Crippen LogP contribution in [0.15, 0.2) is 53.9 Å². The molecule has 0 fully saturated rings. The number of nitrogens with zero attached hydrogens (tertiary/aromatic N) is 2. The number of ether oxygens (including phenoxy) is 1. The molecule has 2 aromatic rings. The maximum atomic E-state index is 11.9. The molecule has 118 valence electrons. The van der Waals surface area contributed by atoms with Crippen molar-refractivity contribution in [2.75, 3.05) is 6.61 Å². The Kier molecular flexibility index (Phi) is 5.40. The van der Waals surface area contributed by atoms with E-state index < -0.39 is 5.91 Å². The van der Waals surface area contributed by atoms with Crippen molar-refractivity contribution < 1.29 is 14.3 Å². The lowest BCUT2D eigenvalue weighted by Crippen LogP contribution is -2.20. The van der Waals surface area contributed by atoms with Crippen LogP contribution in [0.3, 0.4) is 0 Å². The summed E-state index contributed by atoms with van der Waals surface area (Å²) in [6.07, 6.45) is 3.08. The number of hydrogen-bond acceptors (Lipinski definition) is 5. The van der Waals surface area contributed by atoms with E-state index in [9.17, 15) is 9.59 Å². The lowest BCUT2D eigenvalue weighted by Gasteiger charge is -2.06. The number of benzene rings is 1. The summed E-state index contributed by atoms with van der Waals surface area (Å²) in [4.78, 5) is 26.4. The SMILES string of the molecule is CC(=NNC(=O)c1ccncc1)c1ccc(OCC(N)=O)cc1. The van der Waals surface area contributed by atoms with Gasteiger partial charge in [0.1, 0.15) is 5.75 Å². The molecule has 1 aromatic heterocycles. The minimum absolute atomic E-state index is 0.172. The van der Waals surface area contributed by atoms with Crippen molar-refractivity contribution in [3.8, 4) is 5.75 Å². The fourth-order valence-electron chi connectivity index (χ4n) is 1.71. The van der Waals surface area contributed by atoms with Crippen molar-refractivity contribution in [2.24, 2.45) is 10.8 Å². The molecule has 0 aliphatic carbocycles. The molecule has 0 saturated heterocycles. The highest BCUT2D eigenvalue weighted by molar-refractivity contribution is 6.00. The minimum Gasteiger partial charge on any atom is -0.484 e. The van der Waals surface area contributed by atoms with Gasteiger partial charge in [-0.25, -0.2) is 5.43 Å². The third-order valence-corrected chi connectivity index (χ3v) is 2.92. The first-order valence-electron chi connectivity index (χ1n) is 6.82. The molecule has 23 heavy (non-hydrogen) atoms. The standard InChI is InChI=1S/C16H16N4O3/c1-11(19-20-16(22)13-6-8-18-9-7-13)12-2-4-14(5-3-12)23-10-15(17)21/h2-9H,10H2,1H3,(H2,17,21)(H,20,22). The van der Waals surface area contributed by atoms with E-state index in [1.54, 1.807) is 43.3 Å². The molecular formula is C16H16N4O3. The molecule has 0 atom stereocenters. The van der Waals surface area contributed by atoms with E-state index in [0.29, 0.717) is 17.0 Å². The van der Waals surface area contributed by atoms with Crippen molar-refractivity contribution in [2.45, 2.75) is 6.92 Å². The molecule has 0 saturated carbocycles. The van der Waals surface area contributed by atoms with Crippen LogP contribution in [0.4, 0.5) is 0 Å². The van der Waals surface area contributed by atoms with Crippen molar-refractivity contribution >= 4 is 17.5 Å². The fraction of sp³-hybridized carbons (Fsp3) is 0.125. The third-order valence-electron chi connectivity index (χ3n) is 2.92. The Balaban J connectivity index is 1.98. The Bertz CT molecular complexity index is 712. The smallest absolute Gasteiger partial charge is 0.271 e. The highest BCUT2D eigenvalue weighted by Crippen LogP contribution is 2.12. The van der Waals surface area contributed by atoms with Gasteiger partial charge in [-0.05, 0) is 48.9 Å². The molecule has 2 rings (SSSR count). The monoisotopic (exact) mass is 312 g/mol. The summed E-state index contributed by atoms with van der Waals surface area (Å²) in [5.41, 5.74) is 9.41. The predicted molar refractivity (Wildman–Crippen MR) is 85.0 cm³/mol. The largest absolute Gasteiger partial charge is 0.484 e. The predicted octanol–water partition coefficient (Wildman–Crippen LogP) is 1.10. The van der Waals surface area contributed by atoms with Crippen molar-refractivity contribution in [1.82, 2.24) is 10.4 Å². The number of hydrogen-bond donors (Lipinski definition) is 2. The average Bonchev–Trinajstić information content (AvgIpc) is 2.58. The minimum atomic E-state index is -0.536. The Morgan fingerprint density at radius 3 is 2.39 bits per heavy atom. The zero-order valence-corrected chi connectivity index (χ0v) is 12.5. The molecule has 0 bridgehead atoms. The summed E-state index contributed by atoms with van der Waals surface area (Å²) in [5, 5.41) is 4.06. The van der Waals surface area contributed by atoms with Crippen LogP contribution >= 0.6 is 0 Å². The highest BCUT2D eigenvalue weighted by atomic mass is 16.5. The number of primary amides is 1. The Labute approximate surface area is 133 Å². The van der Waals surface area contributed by atoms with Gasteiger partial charge in [0.15, 0.2) is 6.61 Å². The second-order valence-electron chi connectivity index (χ2n) is 4.65. The van der Waals surface area contributed by atoms with Crippen LogP contribution in [0.5, 0.6) is 5.75 Å². The van der Waals surface area contributed by atoms with E-state index in [1.807, 2.05) is 0 Å². The number of carbonyl (C=O) groups excluding carboxylic acids is 2. The highest BCUT2D eigenvalue weighted by Gasteiger charge is 2.04. The first-order chi connectivity index (χ1) is 11.1. The van der Waals surface area contributed by atoms with Crippen LogP contribution in [0.2, 0.25) is 0 Å². The number of rotatable bonds is 6. The van der Waals surface area contributed by atoms with Gasteiger partial charge >= 0.3 is 0 Å². The van der Waals surface area contributed by atoms with Gasteiger partial charge in [-0.3, -0.25) is 14.6 Å². The Morgan fingerprint density at radius 2 is 1.78 bits per heavy atom. The zero-order chi connectivity index (χ0) is 16.7. The van der Waals surface area contributed by atoms with Crippen LogP contribution in [-0.4, -0.2) is 29.1 Å². The fourth-order valence-corrected chi connectivity index (χ4v) is 1.71. The lowest BCUT2D eigenvalue weighted by atomic mass is 10.1. The molecule has 0 aliphatic heterocycles. The molecule has 0 spiro atoms. The van der Waals surface area contributed by atoms with Crippen LogP contribution in [0.25, 0.3) is 0 Å². The van der Waals surface area contributed by atoms with Gasteiger partial charge < -0.3 is 10.5 Å². The number of aromatic nitrogens is 1. The van der Waals surface area contributed by atoms with Crippen LogP contribution < -0.4 is 15.9 Å². The Morgan fingerprint density at radius 1 is 1.13 bits per heavy atom. The summed E-state index contributed by atoms with van der Waals surface area (Å²) in [6, 6.07) is 10.1. The molecule has 0 unspecified atom stereocenters. The second-order valence-corrected chi connectivity index (χ2v) is 4.65. The van der Waals surface area contributed by atoms with Crippen LogP contribution in [-0.2, 0) is 4.79 Å². The maximum absolute atomic E-state index is 11.9. The molecule has 7 nitrogen and oxygen atoms in total. The normalized spacial score (nSPS) is 10.9. The summed E-state index contributed by atoms with van der Waals surface area (Å²) >= 11 is 0. The number of amides is 2. The maximum Gasteiger partial charge on any atom is 0.271 e. The number of carbonyl (C=O) groups is 2. The second kappa shape index (κ2) is 7.69. The number of nitrogens with one attached hydrogen (secondary N) is 1. The quantitative estimate of drug-likeness (QED) is 0.615. The van der Waals surface area contributed by atoms with Gasteiger partial charge in [0.05, 0.1) is 5.71 Å². The summed E-state index contributed by atoms with van der Waals surface area (Å²) in [6.45, 7) is 1.60. The average molecular weight is 312 g/mol. The summed E-state index contributed by atoms with van der Waals surface area (Å²) < 4.78 is 5.17. The molecule has 0 radical (unpaired) electrons. The number of hydrazone groups is 1. The van der Waals surface area contributed by atoms with E-state index in [4.69, 9.17) is 10.5 Å². The van der Waals surface area contributed by atoms with Crippen molar-refractivity contribution in [1.29, 1.82) is 0 Å². The summed E-state index contributed by atoms with van der Waals surface area (Å²) in [7, 11) is 0. The van der Waals surface area contributed by atoms with Gasteiger partial charge in [-0.1, -0.05) is 0 Å². The van der Waals surface area contributed by atoms with Gasteiger partial charge in [0, 0.05) is 18.0 Å². The lowest BCUT2D eigenvalue weighted by molar-refractivity contribution is -0.119. The van der Waals surface area contributed by atoms with E-state index in [2.05, 4.69) is 15.5 Å². The van der Waals surface area contributed by atoms with E-state index in [0.717, 1.165) is 5.56 Å². The third kappa shape index (κ3) is 4.92. The molecule has 2 amide bonds. The molecular weight excluding hydrogens is 296 g/mol.